The molecule has 0 amide bonds. The molecule has 0 aliphatic carbocycles. The van der Waals surface area contributed by atoms with Gasteiger partial charge in [-0.1, -0.05) is 4.68 Å². The number of hydrogen-bond donors (Lipinski definition) is 0. The van der Waals surface area contributed by atoms with Crippen molar-refractivity contribution in [2.45, 2.75) is 33.0 Å². The van der Waals surface area contributed by atoms with Crippen LogP contribution in [0.15, 0.2) is 22.9 Å². The molecule has 2 aromatic heterocycles. The number of nitrogens with zero attached hydrogens (tertiary/aromatic N) is 3. The van der Waals surface area contributed by atoms with Crippen molar-refractivity contribution in [3.05, 3.63) is 29.9 Å². The number of methoxy groups -OCH3 is 1. The zero-order valence-electron chi connectivity index (χ0n) is 16.2. The largest absolute Gasteiger partial charge is 0.542 e. The molecule has 0 radical (unpaired) electrons. The Kier molecular flexibility index (Phi) is 8.89. The van der Waals surface area contributed by atoms with E-state index in [4.69, 9.17) is 19.1 Å². The average molecular weight is 433 g/mol. The van der Waals surface area contributed by atoms with E-state index in [1.165, 1.54) is 7.11 Å². The highest BCUT2D eigenvalue weighted by Crippen LogP contribution is 2.21. The van der Waals surface area contributed by atoms with E-state index in [1.807, 2.05) is 0 Å². The molecule has 0 bridgehead atoms. The molecule has 0 atom stereocenters. The van der Waals surface area contributed by atoms with Gasteiger partial charge in [0.1, 0.15) is 18.6 Å². The van der Waals surface area contributed by atoms with Crippen molar-refractivity contribution in [3.8, 4) is 11.5 Å². The molecule has 2 rings (SSSR count). The molecule has 0 fully saturated rings. The summed E-state index contributed by atoms with van der Waals surface area (Å²) in [7, 11) is 1.34. The Bertz CT molecular complexity index is 880. The predicted molar refractivity (Wildman–Crippen MR) is 88.3 cm³/mol. The van der Waals surface area contributed by atoms with Gasteiger partial charge in [-0.3, -0.25) is 4.79 Å². The fourth-order valence-electron chi connectivity index (χ4n) is 1.86. The Hall–Kier alpha value is -3.51. The average Bonchev–Trinajstić information content (AvgIpc) is 3.08. The second-order valence-corrected chi connectivity index (χ2v) is 5.44. The van der Waals surface area contributed by atoms with Gasteiger partial charge >= 0.3 is 18.1 Å². The summed E-state index contributed by atoms with van der Waals surface area (Å²) in [6.45, 7) is 4.07. The molecular weight excluding hydrogens is 415 g/mol. The number of carbonyl (C=O) groups excluding carboxylic acids is 3. The zero-order chi connectivity index (χ0) is 22.9. The number of esters is 2. The van der Waals surface area contributed by atoms with Gasteiger partial charge in [-0.05, 0) is 18.9 Å². The Morgan fingerprint density at radius 2 is 1.93 bits per heavy atom. The van der Waals surface area contributed by atoms with Crippen LogP contribution in [0, 0.1) is 6.92 Å². The number of ether oxygens (including phenoxy) is 2. The van der Waals surface area contributed by atoms with Crippen LogP contribution in [0.4, 0.5) is 13.2 Å². The van der Waals surface area contributed by atoms with E-state index in [2.05, 4.69) is 14.8 Å². The van der Waals surface area contributed by atoms with E-state index in [0.29, 0.717) is 17.8 Å². The second-order valence-electron chi connectivity index (χ2n) is 5.44. The summed E-state index contributed by atoms with van der Waals surface area (Å²) in [4.78, 5) is 35.8. The number of aliphatic carboxylic acids is 1. The fourth-order valence-corrected chi connectivity index (χ4v) is 1.86. The first-order valence-electron chi connectivity index (χ1n) is 8.35. The maximum absolute atomic E-state index is 11.7. The lowest BCUT2D eigenvalue weighted by molar-refractivity contribution is -0.752. The van der Waals surface area contributed by atoms with Crippen molar-refractivity contribution in [1.82, 2.24) is 10.1 Å². The highest BCUT2D eigenvalue weighted by atomic mass is 19.4. The summed E-state index contributed by atoms with van der Waals surface area (Å²) < 4.78 is 48.1. The fraction of sp³-hybridized carbons (Fsp3) is 0.412. The molecule has 0 saturated carbocycles. The van der Waals surface area contributed by atoms with Gasteiger partial charge in [0.05, 0.1) is 25.0 Å². The zero-order valence-corrected chi connectivity index (χ0v) is 16.2. The van der Waals surface area contributed by atoms with Crippen LogP contribution in [0.2, 0.25) is 0 Å². The first-order chi connectivity index (χ1) is 14.0. The van der Waals surface area contributed by atoms with Gasteiger partial charge in [-0.2, -0.15) is 13.2 Å². The topological polar surface area (TPSA) is 136 Å². The van der Waals surface area contributed by atoms with Gasteiger partial charge in [0.2, 0.25) is 11.7 Å². The lowest BCUT2D eigenvalue weighted by atomic mass is 10.3. The summed E-state index contributed by atoms with van der Waals surface area (Å²) in [6.07, 6.45) is -1.71. The van der Waals surface area contributed by atoms with Crippen LogP contribution in [0.5, 0.6) is 0 Å². The highest BCUT2D eigenvalue weighted by molar-refractivity contribution is 5.87. The van der Waals surface area contributed by atoms with Crippen LogP contribution in [0.25, 0.3) is 11.5 Å². The molecule has 164 valence electrons. The molecule has 0 aromatic carbocycles. The first-order valence-corrected chi connectivity index (χ1v) is 8.35. The van der Waals surface area contributed by atoms with Gasteiger partial charge in [0, 0.05) is 6.07 Å². The number of alkyl halides is 3. The van der Waals surface area contributed by atoms with Gasteiger partial charge in [-0.15, -0.1) is 0 Å². The van der Waals surface area contributed by atoms with Gasteiger partial charge in [-0.25, -0.2) is 9.78 Å². The number of aryl methyl sites for hydroxylation is 2. The Labute approximate surface area is 168 Å². The second kappa shape index (κ2) is 10.9. The van der Waals surface area contributed by atoms with E-state index in [9.17, 15) is 22.8 Å². The SMILES string of the molecule is CCOC(=O)c1oc(-c2cc[n+](CCC(=O)OC)nc2)nc1C.O=C([O-])C(F)(F)F. The minimum Gasteiger partial charge on any atom is -0.542 e. The van der Waals surface area contributed by atoms with Crippen LogP contribution in [-0.2, 0) is 25.6 Å². The van der Waals surface area contributed by atoms with E-state index in [-0.39, 0.29) is 30.6 Å². The number of rotatable bonds is 6. The third kappa shape index (κ3) is 7.48. The van der Waals surface area contributed by atoms with Crippen LogP contribution in [0.3, 0.4) is 0 Å². The molecule has 0 aliphatic rings. The molecule has 13 heteroatoms. The smallest absolute Gasteiger partial charge is 0.430 e. The molecule has 2 heterocycles. The predicted octanol–water partition coefficient (Wildman–Crippen LogP) is 0.371. The van der Waals surface area contributed by atoms with Crippen LogP contribution >= 0.6 is 0 Å². The Morgan fingerprint density at radius 3 is 2.40 bits per heavy atom. The van der Waals surface area contributed by atoms with Crippen molar-refractivity contribution in [2.75, 3.05) is 13.7 Å². The standard InChI is InChI=1S/C15H18N3O5.C2HF3O2/c1-4-22-15(20)13-10(2)17-14(23-13)11-5-7-18(16-9-11)8-6-12(19)21-3;3-2(4,5)1(6)7/h5,7,9H,4,6,8H2,1-3H3;(H,6,7)/q+1;/p-1. The lowest BCUT2D eigenvalue weighted by Gasteiger charge is -2.03. The van der Waals surface area contributed by atoms with Gasteiger partial charge in [0.25, 0.3) is 0 Å². The van der Waals surface area contributed by atoms with Crippen molar-refractivity contribution in [3.63, 3.8) is 0 Å². The quantitative estimate of drug-likeness (QED) is 0.467. The number of oxazole rings is 1. The molecule has 0 unspecified atom stereocenters. The van der Waals surface area contributed by atoms with E-state index in [1.54, 1.807) is 37.0 Å². The Morgan fingerprint density at radius 1 is 1.30 bits per heavy atom. The Balaban J connectivity index is 0.000000553. The maximum atomic E-state index is 11.7. The summed E-state index contributed by atoms with van der Waals surface area (Å²) in [6, 6.07) is 1.74. The molecule has 0 aliphatic heterocycles. The van der Waals surface area contributed by atoms with Crippen LogP contribution in [-0.4, -0.2) is 47.9 Å². The molecule has 0 N–H and O–H groups in total. The molecule has 10 nitrogen and oxygen atoms in total. The van der Waals surface area contributed by atoms with E-state index >= 15 is 0 Å². The van der Waals surface area contributed by atoms with Crippen LogP contribution in [0.1, 0.15) is 29.6 Å². The third-order valence-electron chi connectivity index (χ3n) is 3.28. The van der Waals surface area contributed by atoms with Crippen molar-refractivity contribution < 1.29 is 51.2 Å². The number of aromatic nitrogens is 3. The molecule has 30 heavy (non-hydrogen) atoms. The normalized spacial score (nSPS) is 10.6. The lowest BCUT2D eigenvalue weighted by Crippen LogP contribution is -2.38. The van der Waals surface area contributed by atoms with Crippen LogP contribution < -0.4 is 9.79 Å². The summed E-state index contributed by atoms with van der Waals surface area (Å²) in [5.74, 6) is -3.47. The summed E-state index contributed by atoms with van der Waals surface area (Å²) >= 11 is 0. The molecule has 0 spiro atoms. The number of carboxylic acid groups (broad SMARTS) is 1. The highest BCUT2D eigenvalue weighted by Gasteiger charge is 2.28. The number of carboxylic acids is 1. The molecule has 0 saturated heterocycles. The summed E-state index contributed by atoms with van der Waals surface area (Å²) in [5, 5.41) is 13.0. The summed E-state index contributed by atoms with van der Waals surface area (Å²) in [5.41, 5.74) is 1.08. The minimum absolute atomic E-state index is 0.0873. The number of hydrogen-bond acceptors (Lipinski definition) is 9. The third-order valence-corrected chi connectivity index (χ3v) is 3.28. The van der Waals surface area contributed by atoms with Gasteiger partial charge < -0.3 is 23.8 Å². The number of carbonyl (C=O) groups is 3. The number of halogens is 3. The first kappa shape index (κ1) is 24.5. The van der Waals surface area contributed by atoms with Crippen molar-refractivity contribution in [2.24, 2.45) is 0 Å². The van der Waals surface area contributed by atoms with Gasteiger partial charge in [0.15, 0.2) is 12.7 Å². The van der Waals surface area contributed by atoms with Crippen molar-refractivity contribution >= 4 is 17.9 Å². The molecule has 2 aromatic rings. The van der Waals surface area contributed by atoms with E-state index < -0.39 is 18.1 Å². The van der Waals surface area contributed by atoms with E-state index in [0.717, 1.165) is 0 Å². The monoisotopic (exact) mass is 433 g/mol. The maximum Gasteiger partial charge on any atom is 0.430 e. The molecular formula is C17H18F3N3O7. The minimum atomic E-state index is -5.19. The van der Waals surface area contributed by atoms with Crippen molar-refractivity contribution in [1.29, 1.82) is 0 Å².